The SMILES string of the molecule is C/C=C(\CC[C@@H](C)C1CCC2C3CC(=O)[C@@]4(O)C[C@@H](O)CC[C@]4(C)C3CC[C@@]21C)C(C)C. The second-order valence-electron chi connectivity index (χ2n) is 12.9. The van der Waals surface area contributed by atoms with E-state index in [4.69, 9.17) is 0 Å². The van der Waals surface area contributed by atoms with E-state index in [0.717, 1.165) is 25.2 Å². The molecule has 0 spiro atoms. The summed E-state index contributed by atoms with van der Waals surface area (Å²) in [6.07, 6.45) is 11.5. The van der Waals surface area contributed by atoms with Crippen LogP contribution in [0.2, 0.25) is 0 Å². The zero-order valence-electron chi connectivity index (χ0n) is 21.5. The molecule has 0 aromatic rings. The van der Waals surface area contributed by atoms with Crippen LogP contribution < -0.4 is 0 Å². The Morgan fingerprint density at radius 3 is 2.47 bits per heavy atom. The van der Waals surface area contributed by atoms with Gasteiger partial charge < -0.3 is 10.2 Å². The van der Waals surface area contributed by atoms with Gasteiger partial charge in [-0.3, -0.25) is 4.79 Å². The number of allylic oxidation sites excluding steroid dienone is 2. The highest BCUT2D eigenvalue weighted by Gasteiger charge is 2.67. The molecule has 9 atom stereocenters. The smallest absolute Gasteiger partial charge is 0.165 e. The van der Waals surface area contributed by atoms with Gasteiger partial charge in [-0.25, -0.2) is 0 Å². The summed E-state index contributed by atoms with van der Waals surface area (Å²) in [5, 5.41) is 21.8. The molecule has 4 aliphatic carbocycles. The number of fused-ring (bicyclic) bond motifs is 5. The number of carbonyl (C=O) groups excluding carboxylic acids is 1. The van der Waals surface area contributed by atoms with Crippen LogP contribution in [0.5, 0.6) is 0 Å². The summed E-state index contributed by atoms with van der Waals surface area (Å²) >= 11 is 0. The van der Waals surface area contributed by atoms with Crippen LogP contribution in [0.1, 0.15) is 106 Å². The average Bonchev–Trinajstić information content (AvgIpc) is 3.08. The van der Waals surface area contributed by atoms with Crippen LogP contribution in [0.3, 0.4) is 0 Å². The molecule has 0 saturated heterocycles. The first-order chi connectivity index (χ1) is 15.0. The van der Waals surface area contributed by atoms with Crippen molar-refractivity contribution in [3.63, 3.8) is 0 Å². The first-order valence-electron chi connectivity index (χ1n) is 13.6. The third-order valence-corrected chi connectivity index (χ3v) is 11.4. The molecule has 3 heteroatoms. The summed E-state index contributed by atoms with van der Waals surface area (Å²) in [6, 6.07) is 0. The van der Waals surface area contributed by atoms with Gasteiger partial charge in [0.25, 0.3) is 0 Å². The van der Waals surface area contributed by atoms with Crippen LogP contribution >= 0.6 is 0 Å². The van der Waals surface area contributed by atoms with Crippen LogP contribution in [0.4, 0.5) is 0 Å². The van der Waals surface area contributed by atoms with Gasteiger partial charge in [0.2, 0.25) is 0 Å². The molecule has 4 unspecified atom stereocenters. The fraction of sp³-hybridized carbons (Fsp3) is 0.897. The minimum absolute atomic E-state index is 0.0235. The molecule has 4 rings (SSSR count). The molecule has 4 aliphatic rings. The minimum Gasteiger partial charge on any atom is -0.393 e. The van der Waals surface area contributed by atoms with Crippen LogP contribution in [0.15, 0.2) is 11.6 Å². The summed E-state index contributed by atoms with van der Waals surface area (Å²) in [5.74, 6) is 3.56. The van der Waals surface area contributed by atoms with E-state index < -0.39 is 11.7 Å². The Kier molecular flexibility index (Phi) is 6.51. The Morgan fingerprint density at radius 1 is 1.09 bits per heavy atom. The maximum Gasteiger partial charge on any atom is 0.165 e. The summed E-state index contributed by atoms with van der Waals surface area (Å²) in [5.41, 5.74) is 0.235. The topological polar surface area (TPSA) is 57.5 Å². The molecular formula is C29H48O3. The lowest BCUT2D eigenvalue weighted by Crippen LogP contribution is -2.67. The van der Waals surface area contributed by atoms with E-state index in [1.807, 2.05) is 0 Å². The number of carbonyl (C=O) groups is 1. The molecule has 32 heavy (non-hydrogen) atoms. The van der Waals surface area contributed by atoms with E-state index in [1.54, 1.807) is 5.57 Å². The molecule has 182 valence electrons. The van der Waals surface area contributed by atoms with Crippen molar-refractivity contribution in [2.45, 2.75) is 117 Å². The van der Waals surface area contributed by atoms with Gasteiger partial charge in [-0.15, -0.1) is 0 Å². The lowest BCUT2D eigenvalue weighted by Gasteiger charge is -2.63. The van der Waals surface area contributed by atoms with Gasteiger partial charge in [0.05, 0.1) is 6.10 Å². The first-order valence-corrected chi connectivity index (χ1v) is 13.6. The van der Waals surface area contributed by atoms with Gasteiger partial charge >= 0.3 is 0 Å². The molecule has 4 saturated carbocycles. The van der Waals surface area contributed by atoms with Gasteiger partial charge in [0.1, 0.15) is 5.60 Å². The van der Waals surface area contributed by atoms with Crippen molar-refractivity contribution in [3.05, 3.63) is 11.6 Å². The van der Waals surface area contributed by atoms with Crippen LogP contribution in [0.25, 0.3) is 0 Å². The highest BCUT2D eigenvalue weighted by molar-refractivity contribution is 5.89. The van der Waals surface area contributed by atoms with Gasteiger partial charge in [0.15, 0.2) is 5.78 Å². The van der Waals surface area contributed by atoms with Crippen LogP contribution in [-0.4, -0.2) is 27.7 Å². The highest BCUT2D eigenvalue weighted by atomic mass is 16.3. The quantitative estimate of drug-likeness (QED) is 0.488. The van der Waals surface area contributed by atoms with Crippen molar-refractivity contribution in [2.75, 3.05) is 0 Å². The monoisotopic (exact) mass is 444 g/mol. The molecule has 0 amide bonds. The molecule has 0 aromatic carbocycles. The predicted molar refractivity (Wildman–Crippen MR) is 130 cm³/mol. The number of hydrogen-bond acceptors (Lipinski definition) is 3. The number of aliphatic hydroxyl groups excluding tert-OH is 1. The largest absolute Gasteiger partial charge is 0.393 e. The Hall–Kier alpha value is -0.670. The van der Waals surface area contributed by atoms with E-state index in [2.05, 4.69) is 47.6 Å². The zero-order valence-corrected chi connectivity index (χ0v) is 21.5. The molecule has 0 heterocycles. The Bertz CT molecular complexity index is 756. The van der Waals surface area contributed by atoms with Gasteiger partial charge in [-0.1, -0.05) is 46.3 Å². The Morgan fingerprint density at radius 2 is 1.81 bits per heavy atom. The normalized spacial score (nSPS) is 47.7. The van der Waals surface area contributed by atoms with E-state index in [9.17, 15) is 15.0 Å². The summed E-state index contributed by atoms with van der Waals surface area (Å²) < 4.78 is 0. The van der Waals surface area contributed by atoms with Gasteiger partial charge in [-0.2, -0.15) is 0 Å². The number of Topliss-reactive ketones (excluding diaryl/α,β-unsaturated/α-hetero) is 1. The predicted octanol–water partition coefficient (Wildman–Crippen LogP) is 6.32. The summed E-state index contributed by atoms with van der Waals surface area (Å²) in [6.45, 7) is 14.0. The highest BCUT2D eigenvalue weighted by Crippen LogP contribution is 2.68. The molecule has 0 aliphatic heterocycles. The molecular weight excluding hydrogens is 396 g/mol. The van der Waals surface area contributed by atoms with Crippen molar-refractivity contribution >= 4 is 5.78 Å². The molecule has 0 bridgehead atoms. The van der Waals surface area contributed by atoms with Gasteiger partial charge in [0, 0.05) is 18.3 Å². The number of hydrogen-bond donors (Lipinski definition) is 2. The average molecular weight is 445 g/mol. The second kappa shape index (κ2) is 8.52. The lowest BCUT2D eigenvalue weighted by atomic mass is 9.42. The lowest BCUT2D eigenvalue weighted by molar-refractivity contribution is -0.213. The molecule has 0 radical (unpaired) electrons. The standard InChI is InChI=1S/C29H48O3/c1-7-20(18(2)3)9-8-19(4)23-10-11-24-22-16-26(31)29(32)17-21(30)12-15-28(29,6)25(22)13-14-27(23,24)5/h7,18-19,21-25,30,32H,8-17H2,1-6H3/b20-7+/t19-,21+,22?,23?,24?,25?,27-,28-,29+/m1/s1. The van der Waals surface area contributed by atoms with Crippen molar-refractivity contribution in [1.82, 2.24) is 0 Å². The summed E-state index contributed by atoms with van der Waals surface area (Å²) in [4.78, 5) is 13.4. The van der Waals surface area contributed by atoms with E-state index in [0.29, 0.717) is 41.4 Å². The van der Waals surface area contributed by atoms with Crippen molar-refractivity contribution in [1.29, 1.82) is 0 Å². The Labute approximate surface area is 196 Å². The third kappa shape index (κ3) is 3.56. The number of aliphatic hydroxyl groups is 2. The van der Waals surface area contributed by atoms with E-state index >= 15 is 0 Å². The maximum atomic E-state index is 13.4. The minimum atomic E-state index is -1.31. The number of rotatable bonds is 5. The molecule has 4 fully saturated rings. The van der Waals surface area contributed by atoms with Crippen molar-refractivity contribution < 1.29 is 15.0 Å². The first kappa shape index (κ1) is 24.5. The molecule has 2 N–H and O–H groups in total. The Balaban J connectivity index is 1.53. The fourth-order valence-electron chi connectivity index (χ4n) is 9.36. The van der Waals surface area contributed by atoms with Crippen molar-refractivity contribution in [2.24, 2.45) is 46.3 Å². The number of ketones is 1. The third-order valence-electron chi connectivity index (χ3n) is 11.4. The maximum absolute atomic E-state index is 13.4. The second-order valence-corrected chi connectivity index (χ2v) is 12.9. The zero-order chi connectivity index (χ0) is 23.5. The van der Waals surface area contributed by atoms with Crippen molar-refractivity contribution in [3.8, 4) is 0 Å². The van der Waals surface area contributed by atoms with E-state index in [1.165, 1.54) is 32.1 Å². The van der Waals surface area contributed by atoms with Crippen LogP contribution in [0, 0.1) is 46.3 Å². The fourth-order valence-corrected chi connectivity index (χ4v) is 9.36. The van der Waals surface area contributed by atoms with Crippen LogP contribution in [-0.2, 0) is 4.79 Å². The summed E-state index contributed by atoms with van der Waals surface area (Å²) in [7, 11) is 0. The molecule has 3 nitrogen and oxygen atoms in total. The van der Waals surface area contributed by atoms with Gasteiger partial charge in [-0.05, 0) is 99.2 Å². The molecule has 0 aromatic heterocycles. The van der Waals surface area contributed by atoms with E-state index in [-0.39, 0.29) is 17.6 Å².